The van der Waals surface area contributed by atoms with Gasteiger partial charge in [0.25, 0.3) is 0 Å². The number of hydrogen-bond acceptors (Lipinski definition) is 5. The van der Waals surface area contributed by atoms with Gasteiger partial charge in [-0.25, -0.2) is 0 Å². The van der Waals surface area contributed by atoms with Crippen LogP contribution in [0.5, 0.6) is 11.5 Å². The minimum atomic E-state index is -0.972. The molecule has 3 N–H and O–H groups in total. The van der Waals surface area contributed by atoms with Crippen molar-refractivity contribution in [3.05, 3.63) is 63.1 Å². The number of carbonyl (C=O) groups excluding carboxylic acids is 1. The van der Waals surface area contributed by atoms with Crippen LogP contribution in [0.25, 0.3) is 5.70 Å². The number of nitrogens with two attached hydrogens (primary N) is 1. The van der Waals surface area contributed by atoms with E-state index in [0.717, 1.165) is 12.8 Å². The van der Waals surface area contributed by atoms with Gasteiger partial charge in [-0.3, -0.25) is 9.59 Å². The van der Waals surface area contributed by atoms with E-state index in [4.69, 9.17) is 38.4 Å². The highest BCUT2D eigenvalue weighted by molar-refractivity contribution is 6.37. The minimum absolute atomic E-state index is 0.144. The highest BCUT2D eigenvalue weighted by atomic mass is 35.5. The van der Waals surface area contributed by atoms with Crippen molar-refractivity contribution in [3.8, 4) is 11.5 Å². The second-order valence-electron chi connectivity index (χ2n) is 7.88. The summed E-state index contributed by atoms with van der Waals surface area (Å²) in [6.45, 7) is 5.93. The van der Waals surface area contributed by atoms with Gasteiger partial charge in [-0.05, 0) is 36.2 Å². The molecule has 0 heterocycles. The molecule has 178 valence electrons. The van der Waals surface area contributed by atoms with Gasteiger partial charge in [-0.15, -0.1) is 0 Å². The number of unbranched alkanes of at least 4 members (excludes halogenated alkanes) is 1. The minimum Gasteiger partial charge on any atom is -0.493 e. The van der Waals surface area contributed by atoms with E-state index in [9.17, 15) is 14.7 Å². The van der Waals surface area contributed by atoms with Crippen LogP contribution in [0.15, 0.2) is 42.0 Å². The van der Waals surface area contributed by atoms with E-state index in [1.165, 1.54) is 0 Å². The molecule has 2 aromatic rings. The molecule has 6 nitrogen and oxygen atoms in total. The molecular weight excluding hydrogens is 465 g/mol. The number of aliphatic carboxylic acids is 1. The summed E-state index contributed by atoms with van der Waals surface area (Å²) in [5.41, 5.74) is 7.63. The first kappa shape index (κ1) is 26.6. The summed E-state index contributed by atoms with van der Waals surface area (Å²) in [4.78, 5) is 24.2. The maximum atomic E-state index is 12.9. The lowest BCUT2D eigenvalue weighted by atomic mass is 9.97. The van der Waals surface area contributed by atoms with Gasteiger partial charge in [0.1, 0.15) is 18.1 Å². The van der Waals surface area contributed by atoms with Gasteiger partial charge in [0.2, 0.25) is 0 Å². The number of ether oxygens (including phenoxy) is 2. The predicted molar refractivity (Wildman–Crippen MR) is 131 cm³/mol. The first-order valence-electron chi connectivity index (χ1n) is 10.7. The van der Waals surface area contributed by atoms with Crippen LogP contribution < -0.4 is 15.2 Å². The van der Waals surface area contributed by atoms with Crippen molar-refractivity contribution < 1.29 is 24.2 Å². The maximum Gasteiger partial charge on any atom is 0.307 e. The third-order valence-corrected chi connectivity index (χ3v) is 5.45. The van der Waals surface area contributed by atoms with E-state index in [1.54, 1.807) is 50.2 Å². The smallest absolute Gasteiger partial charge is 0.307 e. The number of halogens is 2. The van der Waals surface area contributed by atoms with Crippen LogP contribution in [0, 0.1) is 5.92 Å². The summed E-state index contributed by atoms with van der Waals surface area (Å²) in [6.07, 6.45) is 1.64. The Labute approximate surface area is 204 Å². The molecule has 0 radical (unpaired) electrons. The topological polar surface area (TPSA) is 98.9 Å². The van der Waals surface area contributed by atoms with E-state index in [1.807, 2.05) is 6.92 Å². The molecule has 0 bridgehead atoms. The van der Waals surface area contributed by atoms with E-state index in [0.29, 0.717) is 39.3 Å². The van der Waals surface area contributed by atoms with Gasteiger partial charge < -0.3 is 20.3 Å². The third kappa shape index (κ3) is 7.69. The Morgan fingerprint density at radius 2 is 1.67 bits per heavy atom. The molecule has 0 amide bonds. The van der Waals surface area contributed by atoms with E-state index >= 15 is 0 Å². The molecule has 0 unspecified atom stereocenters. The summed E-state index contributed by atoms with van der Waals surface area (Å²) < 4.78 is 11.7. The molecule has 33 heavy (non-hydrogen) atoms. The molecule has 0 aliphatic rings. The van der Waals surface area contributed by atoms with Crippen molar-refractivity contribution in [3.63, 3.8) is 0 Å². The second kappa shape index (κ2) is 12.5. The Hall–Kier alpha value is -2.70. The average Bonchev–Trinajstić information content (AvgIpc) is 2.73. The Bertz CT molecular complexity index is 1010. The monoisotopic (exact) mass is 493 g/mol. The summed E-state index contributed by atoms with van der Waals surface area (Å²) in [6, 6.07) is 9.92. The molecular formula is C25H29Cl2NO5. The normalized spacial score (nSPS) is 11.8. The zero-order valence-corrected chi connectivity index (χ0v) is 20.5. The molecule has 8 heteroatoms. The van der Waals surface area contributed by atoms with E-state index in [-0.39, 0.29) is 36.0 Å². The fourth-order valence-corrected chi connectivity index (χ4v) is 3.70. The SMILES string of the molecule is CCCCOc1cc(CC(=O)O)cc(OCC(C(=O)C(C)C)=C(N)c2c(Cl)cccc2Cl)c1. The number of hydrogen-bond donors (Lipinski definition) is 2. The lowest BCUT2D eigenvalue weighted by Crippen LogP contribution is -2.21. The zero-order valence-electron chi connectivity index (χ0n) is 19.0. The fraction of sp³-hybridized carbons (Fsp3) is 0.360. The maximum absolute atomic E-state index is 12.9. The van der Waals surface area contributed by atoms with Gasteiger partial charge >= 0.3 is 5.97 Å². The third-order valence-electron chi connectivity index (χ3n) is 4.82. The van der Waals surface area contributed by atoms with Crippen LogP contribution in [0.4, 0.5) is 0 Å². The lowest BCUT2D eigenvalue weighted by Gasteiger charge is -2.17. The molecule has 0 aromatic heterocycles. The Balaban J connectivity index is 2.41. The van der Waals surface area contributed by atoms with Crippen LogP contribution in [0.3, 0.4) is 0 Å². The summed E-state index contributed by atoms with van der Waals surface area (Å²) in [7, 11) is 0. The Morgan fingerprint density at radius 1 is 1.06 bits per heavy atom. The zero-order chi connectivity index (χ0) is 24.5. The largest absolute Gasteiger partial charge is 0.493 e. The number of benzene rings is 2. The second-order valence-corrected chi connectivity index (χ2v) is 8.70. The van der Waals surface area contributed by atoms with Gasteiger partial charge in [-0.2, -0.15) is 0 Å². The van der Waals surface area contributed by atoms with Gasteiger partial charge in [0, 0.05) is 17.5 Å². The van der Waals surface area contributed by atoms with Crippen molar-refractivity contribution >= 4 is 40.7 Å². The molecule has 0 saturated carbocycles. The Morgan fingerprint density at radius 3 is 2.21 bits per heavy atom. The van der Waals surface area contributed by atoms with Crippen LogP contribution >= 0.6 is 23.2 Å². The van der Waals surface area contributed by atoms with Crippen LogP contribution in [0.2, 0.25) is 10.0 Å². The highest BCUT2D eigenvalue weighted by Gasteiger charge is 2.22. The number of Topliss-reactive ketones (excluding diaryl/α,β-unsaturated/α-hetero) is 1. The molecule has 2 aromatic carbocycles. The molecule has 0 aliphatic carbocycles. The molecule has 0 fully saturated rings. The van der Waals surface area contributed by atoms with Crippen molar-refractivity contribution in [2.24, 2.45) is 11.7 Å². The van der Waals surface area contributed by atoms with Crippen LogP contribution in [-0.4, -0.2) is 30.1 Å². The first-order chi connectivity index (χ1) is 15.6. The number of carbonyl (C=O) groups is 2. The molecule has 0 spiro atoms. The van der Waals surface area contributed by atoms with E-state index in [2.05, 4.69) is 0 Å². The number of carboxylic acid groups (broad SMARTS) is 1. The van der Waals surface area contributed by atoms with Crippen molar-refractivity contribution in [1.29, 1.82) is 0 Å². The van der Waals surface area contributed by atoms with Gasteiger partial charge in [-0.1, -0.05) is 56.5 Å². The summed E-state index contributed by atoms with van der Waals surface area (Å²) in [5.74, 6) is -0.647. The van der Waals surface area contributed by atoms with E-state index < -0.39 is 5.97 Å². The highest BCUT2D eigenvalue weighted by Crippen LogP contribution is 2.32. The van der Waals surface area contributed by atoms with Crippen molar-refractivity contribution in [2.75, 3.05) is 13.2 Å². The number of rotatable bonds is 12. The predicted octanol–water partition coefficient (Wildman–Crippen LogP) is 5.77. The first-order valence-corrected chi connectivity index (χ1v) is 11.5. The summed E-state index contributed by atoms with van der Waals surface area (Å²) in [5, 5.41) is 9.84. The standard InChI is InChI=1S/C25H29Cl2NO5/c1-4-5-9-32-17-10-16(12-22(29)30)11-18(13-17)33-14-19(25(31)15(2)3)24(28)23-20(26)7-6-8-21(23)27/h6-8,10-11,13,15H,4-5,9,12,14,28H2,1-3H3,(H,29,30). The quantitative estimate of drug-likeness (QED) is 0.287. The van der Waals surface area contributed by atoms with Gasteiger partial charge in [0.05, 0.1) is 34.3 Å². The van der Waals surface area contributed by atoms with Crippen LogP contribution in [-0.2, 0) is 16.0 Å². The lowest BCUT2D eigenvalue weighted by molar-refractivity contribution is -0.136. The molecule has 0 saturated heterocycles. The number of carboxylic acids is 1. The van der Waals surface area contributed by atoms with Gasteiger partial charge in [0.15, 0.2) is 5.78 Å². The molecule has 0 atom stereocenters. The average molecular weight is 494 g/mol. The van der Waals surface area contributed by atoms with Crippen molar-refractivity contribution in [2.45, 2.75) is 40.0 Å². The molecule has 0 aliphatic heterocycles. The van der Waals surface area contributed by atoms with Crippen molar-refractivity contribution in [1.82, 2.24) is 0 Å². The molecule has 2 rings (SSSR count). The summed E-state index contributed by atoms with van der Waals surface area (Å²) >= 11 is 12.6. The van der Waals surface area contributed by atoms with Crippen LogP contribution in [0.1, 0.15) is 44.7 Å². The Kier molecular flexibility index (Phi) is 10.1. The fourth-order valence-electron chi connectivity index (χ4n) is 3.10. The number of ketones is 1.